The standard InChI is InChI=1S/C10H13ClN2O/c11-7-1-2-9-10(5-7)14-6-8(13-9)3-4-12/h1-2,5,8,13H,3-4,6,12H2. The lowest BCUT2D eigenvalue weighted by molar-refractivity contribution is 0.280. The van der Waals surface area contributed by atoms with E-state index in [1.165, 1.54) is 0 Å². The van der Waals surface area contributed by atoms with Crippen LogP contribution < -0.4 is 15.8 Å². The highest BCUT2D eigenvalue weighted by atomic mass is 35.5. The zero-order valence-corrected chi connectivity index (χ0v) is 8.55. The van der Waals surface area contributed by atoms with Crippen LogP contribution in [0.15, 0.2) is 18.2 Å². The Balaban J connectivity index is 2.15. The zero-order valence-electron chi connectivity index (χ0n) is 7.79. The Labute approximate surface area is 88.2 Å². The summed E-state index contributed by atoms with van der Waals surface area (Å²) in [6, 6.07) is 5.92. The van der Waals surface area contributed by atoms with Crippen LogP contribution in [-0.2, 0) is 0 Å². The second-order valence-corrected chi connectivity index (χ2v) is 3.81. The fourth-order valence-electron chi connectivity index (χ4n) is 1.54. The highest BCUT2D eigenvalue weighted by Crippen LogP contribution is 2.31. The molecule has 3 nitrogen and oxygen atoms in total. The molecular weight excluding hydrogens is 200 g/mol. The first-order chi connectivity index (χ1) is 6.79. The molecule has 1 aliphatic heterocycles. The van der Waals surface area contributed by atoms with Crippen molar-refractivity contribution in [3.63, 3.8) is 0 Å². The summed E-state index contributed by atoms with van der Waals surface area (Å²) in [5, 5.41) is 4.06. The summed E-state index contributed by atoms with van der Waals surface area (Å²) in [7, 11) is 0. The third-order valence-corrected chi connectivity index (χ3v) is 2.49. The molecule has 0 aliphatic carbocycles. The first-order valence-corrected chi connectivity index (χ1v) is 5.06. The van der Waals surface area contributed by atoms with Crippen molar-refractivity contribution < 1.29 is 4.74 Å². The minimum absolute atomic E-state index is 0.314. The van der Waals surface area contributed by atoms with Crippen LogP contribution >= 0.6 is 11.6 Å². The second-order valence-electron chi connectivity index (χ2n) is 3.37. The maximum atomic E-state index is 5.85. The molecule has 1 unspecified atom stereocenters. The molecule has 76 valence electrons. The lowest BCUT2D eigenvalue weighted by atomic mass is 10.1. The maximum Gasteiger partial charge on any atom is 0.143 e. The molecule has 0 radical (unpaired) electrons. The minimum Gasteiger partial charge on any atom is -0.489 e. The number of benzene rings is 1. The van der Waals surface area contributed by atoms with E-state index in [1.54, 1.807) is 0 Å². The molecule has 0 amide bonds. The Morgan fingerprint density at radius 2 is 2.43 bits per heavy atom. The predicted molar refractivity (Wildman–Crippen MR) is 58.0 cm³/mol. The van der Waals surface area contributed by atoms with Crippen LogP contribution in [0.4, 0.5) is 5.69 Å². The summed E-state index contributed by atoms with van der Waals surface area (Å²) >= 11 is 5.85. The van der Waals surface area contributed by atoms with Gasteiger partial charge in [0.25, 0.3) is 0 Å². The van der Waals surface area contributed by atoms with Gasteiger partial charge in [-0.25, -0.2) is 0 Å². The van der Waals surface area contributed by atoms with Crippen LogP contribution in [0, 0.1) is 0 Å². The molecular formula is C10H13ClN2O. The van der Waals surface area contributed by atoms with Crippen molar-refractivity contribution in [1.29, 1.82) is 0 Å². The van der Waals surface area contributed by atoms with Crippen molar-refractivity contribution in [3.05, 3.63) is 23.2 Å². The van der Waals surface area contributed by atoms with Gasteiger partial charge in [0.05, 0.1) is 11.7 Å². The van der Waals surface area contributed by atoms with E-state index < -0.39 is 0 Å². The predicted octanol–water partition coefficient (Wildman–Crippen LogP) is 1.86. The Morgan fingerprint density at radius 3 is 3.21 bits per heavy atom. The van der Waals surface area contributed by atoms with Crippen LogP contribution in [-0.4, -0.2) is 19.2 Å². The molecule has 1 aromatic carbocycles. The molecule has 0 saturated carbocycles. The van der Waals surface area contributed by atoms with Crippen molar-refractivity contribution in [3.8, 4) is 5.75 Å². The average molecular weight is 213 g/mol. The van der Waals surface area contributed by atoms with Crippen molar-refractivity contribution in [2.45, 2.75) is 12.5 Å². The third-order valence-electron chi connectivity index (χ3n) is 2.26. The highest BCUT2D eigenvalue weighted by Gasteiger charge is 2.17. The van der Waals surface area contributed by atoms with Gasteiger partial charge in [-0.1, -0.05) is 11.6 Å². The molecule has 2 rings (SSSR count). The number of fused-ring (bicyclic) bond motifs is 1. The van der Waals surface area contributed by atoms with E-state index in [0.717, 1.165) is 17.9 Å². The summed E-state index contributed by atoms with van der Waals surface area (Å²) < 4.78 is 5.57. The van der Waals surface area contributed by atoms with Crippen molar-refractivity contribution >= 4 is 17.3 Å². The van der Waals surface area contributed by atoms with Gasteiger partial charge >= 0.3 is 0 Å². The van der Waals surface area contributed by atoms with Gasteiger partial charge in [-0.05, 0) is 25.1 Å². The number of hydrogen-bond donors (Lipinski definition) is 2. The molecule has 1 aliphatic rings. The van der Waals surface area contributed by atoms with Crippen LogP contribution in [0.2, 0.25) is 5.02 Å². The molecule has 4 heteroatoms. The van der Waals surface area contributed by atoms with Crippen LogP contribution in [0.3, 0.4) is 0 Å². The largest absolute Gasteiger partial charge is 0.489 e. The van der Waals surface area contributed by atoms with Gasteiger partial charge in [0, 0.05) is 11.1 Å². The number of halogens is 1. The molecule has 3 N–H and O–H groups in total. The molecule has 1 heterocycles. The minimum atomic E-state index is 0.314. The number of anilines is 1. The summed E-state index contributed by atoms with van der Waals surface area (Å²) in [6.07, 6.45) is 0.919. The first-order valence-electron chi connectivity index (χ1n) is 4.68. The number of nitrogens with one attached hydrogen (secondary N) is 1. The molecule has 0 aromatic heterocycles. The van der Waals surface area contributed by atoms with Crippen molar-refractivity contribution in [2.24, 2.45) is 5.73 Å². The van der Waals surface area contributed by atoms with E-state index in [1.807, 2.05) is 18.2 Å². The van der Waals surface area contributed by atoms with E-state index >= 15 is 0 Å². The fraction of sp³-hybridized carbons (Fsp3) is 0.400. The molecule has 0 fully saturated rings. The van der Waals surface area contributed by atoms with Gasteiger partial charge in [-0.2, -0.15) is 0 Å². The smallest absolute Gasteiger partial charge is 0.143 e. The van der Waals surface area contributed by atoms with E-state index in [9.17, 15) is 0 Å². The summed E-state index contributed by atoms with van der Waals surface area (Å²) in [4.78, 5) is 0. The third kappa shape index (κ3) is 1.94. The van der Waals surface area contributed by atoms with Crippen molar-refractivity contribution in [2.75, 3.05) is 18.5 Å². The summed E-state index contributed by atoms with van der Waals surface area (Å²) in [6.45, 7) is 1.33. The number of hydrogen-bond acceptors (Lipinski definition) is 3. The number of nitrogens with two attached hydrogens (primary N) is 1. The van der Waals surface area contributed by atoms with Gasteiger partial charge in [0.15, 0.2) is 0 Å². The molecule has 0 spiro atoms. The molecule has 1 aromatic rings. The van der Waals surface area contributed by atoms with Gasteiger partial charge in [0.1, 0.15) is 12.4 Å². The summed E-state index contributed by atoms with van der Waals surface area (Å²) in [5.74, 6) is 0.825. The molecule has 0 bridgehead atoms. The lowest BCUT2D eigenvalue weighted by Crippen LogP contribution is -2.33. The maximum absolute atomic E-state index is 5.85. The number of ether oxygens (including phenoxy) is 1. The van der Waals surface area contributed by atoms with E-state index in [-0.39, 0.29) is 0 Å². The van der Waals surface area contributed by atoms with Crippen molar-refractivity contribution in [1.82, 2.24) is 0 Å². The average Bonchev–Trinajstić information content (AvgIpc) is 2.19. The molecule has 1 atom stereocenters. The Kier molecular flexibility index (Phi) is 2.79. The van der Waals surface area contributed by atoms with Crippen LogP contribution in [0.1, 0.15) is 6.42 Å². The Morgan fingerprint density at radius 1 is 1.57 bits per heavy atom. The number of rotatable bonds is 2. The quantitative estimate of drug-likeness (QED) is 0.787. The molecule has 0 saturated heterocycles. The normalized spacial score (nSPS) is 19.4. The van der Waals surface area contributed by atoms with Gasteiger partial charge in [0.2, 0.25) is 0 Å². The first kappa shape index (κ1) is 9.62. The zero-order chi connectivity index (χ0) is 9.97. The van der Waals surface area contributed by atoms with E-state index in [0.29, 0.717) is 24.2 Å². The fourth-order valence-corrected chi connectivity index (χ4v) is 1.71. The molecule has 14 heavy (non-hydrogen) atoms. The monoisotopic (exact) mass is 212 g/mol. The SMILES string of the molecule is NCCC1COc2cc(Cl)ccc2N1. The highest BCUT2D eigenvalue weighted by molar-refractivity contribution is 6.30. The Bertz CT molecular complexity index is 330. The topological polar surface area (TPSA) is 47.3 Å². The Hall–Kier alpha value is -0.930. The van der Waals surface area contributed by atoms with E-state index in [4.69, 9.17) is 22.1 Å². The van der Waals surface area contributed by atoms with Gasteiger partial charge in [-0.3, -0.25) is 0 Å². The lowest BCUT2D eigenvalue weighted by Gasteiger charge is -2.27. The van der Waals surface area contributed by atoms with Crippen LogP contribution in [0.5, 0.6) is 5.75 Å². The van der Waals surface area contributed by atoms with Gasteiger partial charge < -0.3 is 15.8 Å². The summed E-state index contributed by atoms with van der Waals surface area (Å²) in [5.41, 5.74) is 6.49. The second kappa shape index (κ2) is 4.07. The van der Waals surface area contributed by atoms with E-state index in [2.05, 4.69) is 5.32 Å². The van der Waals surface area contributed by atoms with Crippen LogP contribution in [0.25, 0.3) is 0 Å². The van der Waals surface area contributed by atoms with Gasteiger partial charge in [-0.15, -0.1) is 0 Å².